The van der Waals surface area contributed by atoms with Crippen LogP contribution >= 0.6 is 0 Å². The molecule has 0 saturated carbocycles. The molecule has 1 heterocycles. The largest absolute Gasteiger partial charge is 0.316 e. The fourth-order valence-electron chi connectivity index (χ4n) is 1.60. The second kappa shape index (κ2) is 4.99. The molecule has 1 aliphatic heterocycles. The molecule has 0 aliphatic carbocycles. The molecule has 1 saturated heterocycles. The van der Waals surface area contributed by atoms with Gasteiger partial charge < -0.3 is 5.32 Å². The topological polar surface area (TPSA) is 83.6 Å². The molecule has 0 aromatic heterocycles. The van der Waals surface area contributed by atoms with Gasteiger partial charge in [-0.15, -0.1) is 0 Å². The lowest BCUT2D eigenvalue weighted by Gasteiger charge is -2.15. The Morgan fingerprint density at radius 1 is 1.25 bits per heavy atom. The SMILES string of the molecule is CNC1CCN(S(=O)(=O)CCS(C)(=O)=O)C1. The van der Waals surface area contributed by atoms with Crippen molar-refractivity contribution in [3.63, 3.8) is 0 Å². The molecule has 1 aliphatic rings. The van der Waals surface area contributed by atoms with Crippen LogP contribution in [-0.2, 0) is 19.9 Å². The van der Waals surface area contributed by atoms with E-state index in [4.69, 9.17) is 0 Å². The number of hydrogen-bond donors (Lipinski definition) is 1. The van der Waals surface area contributed by atoms with E-state index in [1.54, 1.807) is 7.05 Å². The highest BCUT2D eigenvalue weighted by atomic mass is 32.2. The first kappa shape index (κ1) is 13.9. The summed E-state index contributed by atoms with van der Waals surface area (Å²) in [6, 6.07) is 0.174. The predicted octanol–water partition coefficient (Wildman–Crippen LogP) is -1.35. The van der Waals surface area contributed by atoms with Crippen molar-refractivity contribution in [1.82, 2.24) is 9.62 Å². The van der Waals surface area contributed by atoms with E-state index in [1.807, 2.05) is 0 Å². The van der Waals surface area contributed by atoms with Crippen molar-refractivity contribution in [2.24, 2.45) is 0 Å². The Morgan fingerprint density at radius 2 is 1.88 bits per heavy atom. The molecular weight excluding hydrogens is 252 g/mol. The van der Waals surface area contributed by atoms with Crippen LogP contribution in [0.1, 0.15) is 6.42 Å². The van der Waals surface area contributed by atoms with Crippen molar-refractivity contribution in [3.8, 4) is 0 Å². The Hall–Kier alpha value is -0.180. The number of sulfonamides is 1. The Morgan fingerprint density at radius 3 is 2.31 bits per heavy atom. The van der Waals surface area contributed by atoms with E-state index in [0.29, 0.717) is 13.1 Å². The van der Waals surface area contributed by atoms with Crippen LogP contribution in [0.5, 0.6) is 0 Å². The first-order valence-corrected chi connectivity index (χ1v) is 8.74. The van der Waals surface area contributed by atoms with Gasteiger partial charge in [0.05, 0.1) is 11.5 Å². The van der Waals surface area contributed by atoms with Gasteiger partial charge in [0.15, 0.2) is 0 Å². The molecule has 1 N–H and O–H groups in total. The van der Waals surface area contributed by atoms with Gasteiger partial charge in [-0.1, -0.05) is 0 Å². The lowest BCUT2D eigenvalue weighted by Crippen LogP contribution is -2.36. The average molecular weight is 270 g/mol. The zero-order valence-corrected chi connectivity index (χ0v) is 11.1. The van der Waals surface area contributed by atoms with Crippen LogP contribution in [-0.4, -0.2) is 65.1 Å². The molecule has 0 aromatic rings. The normalized spacial score (nSPS) is 23.8. The fourth-order valence-corrected chi connectivity index (χ4v) is 4.70. The molecule has 1 rings (SSSR count). The van der Waals surface area contributed by atoms with Crippen molar-refractivity contribution in [1.29, 1.82) is 0 Å². The number of rotatable bonds is 5. The molecule has 0 radical (unpaired) electrons. The van der Waals surface area contributed by atoms with Gasteiger partial charge in [0.1, 0.15) is 9.84 Å². The van der Waals surface area contributed by atoms with E-state index in [1.165, 1.54) is 4.31 Å². The highest BCUT2D eigenvalue weighted by Gasteiger charge is 2.30. The molecule has 96 valence electrons. The summed E-state index contributed by atoms with van der Waals surface area (Å²) in [5, 5.41) is 3.01. The number of nitrogens with zero attached hydrogens (tertiary/aromatic N) is 1. The van der Waals surface area contributed by atoms with Gasteiger partial charge in [-0.2, -0.15) is 0 Å². The average Bonchev–Trinajstić information content (AvgIpc) is 2.62. The number of nitrogens with one attached hydrogen (secondary N) is 1. The quantitative estimate of drug-likeness (QED) is 0.668. The lowest BCUT2D eigenvalue weighted by atomic mass is 10.3. The minimum Gasteiger partial charge on any atom is -0.316 e. The second-order valence-electron chi connectivity index (χ2n) is 4.08. The van der Waals surface area contributed by atoms with Crippen LogP contribution in [0.25, 0.3) is 0 Å². The maximum Gasteiger partial charge on any atom is 0.215 e. The van der Waals surface area contributed by atoms with Crippen LogP contribution in [0.4, 0.5) is 0 Å². The highest BCUT2D eigenvalue weighted by molar-refractivity contribution is 7.93. The molecule has 0 aromatic carbocycles. The van der Waals surface area contributed by atoms with Crippen molar-refractivity contribution in [3.05, 3.63) is 0 Å². The minimum absolute atomic E-state index is 0.174. The van der Waals surface area contributed by atoms with Crippen LogP contribution in [0.2, 0.25) is 0 Å². The Balaban J connectivity index is 2.59. The fraction of sp³-hybridized carbons (Fsp3) is 1.00. The van der Waals surface area contributed by atoms with E-state index in [2.05, 4.69) is 5.32 Å². The van der Waals surface area contributed by atoms with E-state index >= 15 is 0 Å². The van der Waals surface area contributed by atoms with Gasteiger partial charge in [0.2, 0.25) is 10.0 Å². The molecule has 16 heavy (non-hydrogen) atoms. The molecule has 6 nitrogen and oxygen atoms in total. The summed E-state index contributed by atoms with van der Waals surface area (Å²) in [4.78, 5) is 0. The summed E-state index contributed by atoms with van der Waals surface area (Å²) in [5.41, 5.74) is 0. The number of hydrogen-bond acceptors (Lipinski definition) is 5. The molecule has 1 unspecified atom stereocenters. The summed E-state index contributed by atoms with van der Waals surface area (Å²) >= 11 is 0. The van der Waals surface area contributed by atoms with E-state index in [-0.39, 0.29) is 17.5 Å². The van der Waals surface area contributed by atoms with Crippen molar-refractivity contribution in [2.75, 3.05) is 37.9 Å². The molecule has 0 spiro atoms. The Labute approximate surface area is 97.0 Å². The first-order chi connectivity index (χ1) is 7.24. The standard InChI is InChI=1S/C8H18N2O4S2/c1-9-8-3-4-10(7-8)16(13,14)6-5-15(2,11)12/h8-9H,3-7H2,1-2H3. The molecule has 0 bridgehead atoms. The second-order valence-corrected chi connectivity index (χ2v) is 8.43. The third-order valence-electron chi connectivity index (χ3n) is 2.66. The zero-order chi connectivity index (χ0) is 12.4. The van der Waals surface area contributed by atoms with Crippen molar-refractivity contribution in [2.45, 2.75) is 12.5 Å². The monoisotopic (exact) mass is 270 g/mol. The Bertz CT molecular complexity index is 429. The smallest absolute Gasteiger partial charge is 0.215 e. The molecule has 8 heteroatoms. The van der Waals surface area contributed by atoms with E-state index < -0.39 is 19.9 Å². The predicted molar refractivity (Wildman–Crippen MR) is 62.5 cm³/mol. The molecule has 0 amide bonds. The first-order valence-electron chi connectivity index (χ1n) is 5.07. The van der Waals surface area contributed by atoms with Gasteiger partial charge in [-0.3, -0.25) is 0 Å². The lowest BCUT2D eigenvalue weighted by molar-refractivity contribution is 0.465. The van der Waals surface area contributed by atoms with Crippen LogP contribution < -0.4 is 5.32 Å². The van der Waals surface area contributed by atoms with Gasteiger partial charge in [-0.05, 0) is 13.5 Å². The van der Waals surface area contributed by atoms with E-state index in [9.17, 15) is 16.8 Å². The summed E-state index contributed by atoms with van der Waals surface area (Å²) < 4.78 is 46.7. The van der Waals surface area contributed by atoms with Crippen LogP contribution in [0.3, 0.4) is 0 Å². The number of likely N-dealkylation sites (N-methyl/N-ethyl adjacent to an activating group) is 1. The van der Waals surface area contributed by atoms with E-state index in [0.717, 1.165) is 12.7 Å². The van der Waals surface area contributed by atoms with Gasteiger partial charge >= 0.3 is 0 Å². The summed E-state index contributed by atoms with van der Waals surface area (Å²) in [5.74, 6) is -0.627. The molecule has 1 atom stereocenters. The van der Waals surface area contributed by atoms with Crippen molar-refractivity contribution >= 4 is 19.9 Å². The maximum atomic E-state index is 11.8. The zero-order valence-electron chi connectivity index (χ0n) is 9.51. The third-order valence-corrected chi connectivity index (χ3v) is 5.71. The third kappa shape index (κ3) is 4.00. The van der Waals surface area contributed by atoms with Crippen LogP contribution in [0.15, 0.2) is 0 Å². The maximum absolute atomic E-state index is 11.8. The van der Waals surface area contributed by atoms with Gasteiger partial charge in [0, 0.05) is 25.4 Å². The molecule has 1 fully saturated rings. The summed E-state index contributed by atoms with van der Waals surface area (Å²) in [7, 11) is -4.86. The number of sulfone groups is 1. The summed E-state index contributed by atoms with van der Waals surface area (Å²) in [6.45, 7) is 0.903. The highest BCUT2D eigenvalue weighted by Crippen LogP contribution is 2.14. The van der Waals surface area contributed by atoms with Gasteiger partial charge in [-0.25, -0.2) is 21.1 Å². The Kier molecular flexibility index (Phi) is 4.33. The van der Waals surface area contributed by atoms with Crippen molar-refractivity contribution < 1.29 is 16.8 Å². The molecular formula is C8H18N2O4S2. The van der Waals surface area contributed by atoms with Crippen LogP contribution in [0, 0.1) is 0 Å². The van der Waals surface area contributed by atoms with Gasteiger partial charge in [0.25, 0.3) is 0 Å². The minimum atomic E-state index is -3.42. The summed E-state index contributed by atoms with van der Waals surface area (Å²) in [6.07, 6.45) is 1.82.